The molecule has 0 spiro atoms. The van der Waals surface area contributed by atoms with Crippen LogP contribution in [-0.2, 0) is 5.60 Å². The van der Waals surface area contributed by atoms with Gasteiger partial charge in [0.05, 0.1) is 7.11 Å². The number of methoxy groups -OCH3 is 1. The second-order valence-corrected chi connectivity index (χ2v) is 8.82. The third-order valence-corrected chi connectivity index (χ3v) is 6.08. The normalized spacial score (nSPS) is 17.4. The Morgan fingerprint density at radius 3 is 2.50 bits per heavy atom. The Balaban J connectivity index is 2.44. The molecule has 2 nitrogen and oxygen atoms in total. The van der Waals surface area contributed by atoms with Crippen molar-refractivity contribution in [1.82, 2.24) is 0 Å². The molecular formula is C27H35F3O2. The van der Waals surface area contributed by atoms with Crippen molar-refractivity contribution in [1.29, 1.82) is 0 Å². The fourth-order valence-corrected chi connectivity index (χ4v) is 3.97. The summed E-state index contributed by atoms with van der Waals surface area (Å²) in [4.78, 5) is 0. The Kier molecular flexibility index (Phi) is 9.49. The highest BCUT2D eigenvalue weighted by Gasteiger charge is 2.56. The molecule has 5 heteroatoms. The number of rotatable bonds is 7. The van der Waals surface area contributed by atoms with Gasteiger partial charge in [-0.15, -0.1) is 5.73 Å². The van der Waals surface area contributed by atoms with Crippen LogP contribution < -0.4 is 4.74 Å². The van der Waals surface area contributed by atoms with Gasteiger partial charge in [-0.05, 0) is 67.5 Å². The van der Waals surface area contributed by atoms with Gasteiger partial charge in [0, 0.05) is 11.5 Å². The number of alkyl halides is 3. The van der Waals surface area contributed by atoms with Gasteiger partial charge in [0.2, 0.25) is 0 Å². The minimum atomic E-state index is -4.96. The molecule has 0 aromatic heterocycles. The van der Waals surface area contributed by atoms with Gasteiger partial charge in [-0.3, -0.25) is 0 Å². The molecule has 0 amide bonds. The van der Waals surface area contributed by atoms with Gasteiger partial charge in [0.15, 0.2) is 0 Å². The second-order valence-electron chi connectivity index (χ2n) is 8.82. The highest BCUT2D eigenvalue weighted by molar-refractivity contribution is 5.60. The number of benzene rings is 1. The molecule has 2 rings (SSSR count). The largest absolute Gasteiger partial charge is 0.496 e. The maximum atomic E-state index is 14.1. The number of hydrogen-bond donors (Lipinski definition) is 1. The van der Waals surface area contributed by atoms with Crippen LogP contribution in [0.5, 0.6) is 5.75 Å². The first-order valence-electron chi connectivity index (χ1n) is 11.6. The van der Waals surface area contributed by atoms with Gasteiger partial charge >= 0.3 is 6.18 Å². The van der Waals surface area contributed by atoms with Gasteiger partial charge in [-0.2, -0.15) is 13.2 Å². The average molecular weight is 449 g/mol. The predicted octanol–water partition coefficient (Wildman–Crippen LogP) is 7.33. The Morgan fingerprint density at radius 1 is 1.22 bits per heavy atom. The van der Waals surface area contributed by atoms with E-state index in [-0.39, 0.29) is 17.2 Å². The predicted molar refractivity (Wildman–Crippen MR) is 123 cm³/mol. The lowest BCUT2D eigenvalue weighted by atomic mass is 9.86. The first-order chi connectivity index (χ1) is 15.1. The molecule has 1 fully saturated rings. The number of halogens is 3. The van der Waals surface area contributed by atoms with Gasteiger partial charge in [-0.25, -0.2) is 0 Å². The number of hydrogen-bond acceptors (Lipinski definition) is 2. The van der Waals surface area contributed by atoms with Crippen LogP contribution in [-0.4, -0.2) is 18.4 Å². The van der Waals surface area contributed by atoms with Gasteiger partial charge in [-0.1, -0.05) is 57.8 Å². The van der Waals surface area contributed by atoms with Crippen molar-refractivity contribution in [3.63, 3.8) is 0 Å². The molecular weight excluding hydrogens is 413 g/mol. The van der Waals surface area contributed by atoms with Crippen LogP contribution in [0.3, 0.4) is 0 Å². The van der Waals surface area contributed by atoms with E-state index < -0.39 is 11.8 Å². The molecule has 0 radical (unpaired) electrons. The second kappa shape index (κ2) is 11.6. The minimum absolute atomic E-state index is 0.0412. The zero-order chi connectivity index (χ0) is 23.8. The number of aliphatic hydroxyl groups is 1. The summed E-state index contributed by atoms with van der Waals surface area (Å²) in [5.74, 6) is 5.12. The van der Waals surface area contributed by atoms with Crippen molar-refractivity contribution in [2.45, 2.75) is 83.9 Å². The number of unbranched alkanes of at least 4 members (excludes halogenated alkanes) is 1. The molecule has 1 aromatic rings. The lowest BCUT2D eigenvalue weighted by molar-refractivity contribution is -0.241. The molecule has 1 aromatic carbocycles. The molecule has 1 N–H and O–H groups in total. The molecule has 0 heterocycles. The molecule has 1 aliphatic carbocycles. The summed E-state index contributed by atoms with van der Waals surface area (Å²) < 4.78 is 47.4. The van der Waals surface area contributed by atoms with E-state index in [0.717, 1.165) is 51.4 Å². The van der Waals surface area contributed by atoms with E-state index in [9.17, 15) is 18.3 Å². The Hall–Kier alpha value is -2.15. The van der Waals surface area contributed by atoms with Crippen molar-refractivity contribution in [3.05, 3.63) is 40.6 Å². The van der Waals surface area contributed by atoms with Gasteiger partial charge < -0.3 is 9.84 Å². The van der Waals surface area contributed by atoms with Crippen LogP contribution in [0.2, 0.25) is 0 Å². The van der Waals surface area contributed by atoms with E-state index in [1.54, 1.807) is 13.0 Å². The maximum Gasteiger partial charge on any atom is 0.433 e. The molecule has 2 unspecified atom stereocenters. The van der Waals surface area contributed by atoms with Crippen molar-refractivity contribution in [2.75, 3.05) is 7.11 Å². The van der Waals surface area contributed by atoms with Gasteiger partial charge in [0.25, 0.3) is 5.60 Å². The molecule has 2 atom stereocenters. The first-order valence-corrected chi connectivity index (χ1v) is 11.6. The van der Waals surface area contributed by atoms with Crippen LogP contribution in [0.25, 0.3) is 6.08 Å². The quantitative estimate of drug-likeness (QED) is 0.349. The van der Waals surface area contributed by atoms with E-state index in [1.807, 2.05) is 6.08 Å². The number of allylic oxidation sites excluding steroid dienone is 1. The van der Waals surface area contributed by atoms with Crippen LogP contribution in [0.4, 0.5) is 13.2 Å². The van der Waals surface area contributed by atoms with Crippen molar-refractivity contribution in [3.8, 4) is 17.6 Å². The summed E-state index contributed by atoms with van der Waals surface area (Å²) in [5.41, 5.74) is 0.764. The lowest BCUT2D eigenvalue weighted by Crippen LogP contribution is -2.41. The van der Waals surface area contributed by atoms with Crippen LogP contribution in [0, 0.1) is 30.6 Å². The third kappa shape index (κ3) is 6.67. The summed E-state index contributed by atoms with van der Waals surface area (Å²) in [6.45, 7) is 5.97. The summed E-state index contributed by atoms with van der Waals surface area (Å²) in [5, 5.41) is 10.8. The van der Waals surface area contributed by atoms with Crippen molar-refractivity contribution >= 4 is 6.08 Å². The van der Waals surface area contributed by atoms with Gasteiger partial charge in [0.1, 0.15) is 5.75 Å². The molecule has 1 saturated carbocycles. The van der Waals surface area contributed by atoms with Crippen LogP contribution >= 0.6 is 0 Å². The molecule has 176 valence electrons. The van der Waals surface area contributed by atoms with E-state index in [2.05, 4.69) is 31.4 Å². The average Bonchev–Trinajstić information content (AvgIpc) is 2.76. The molecule has 0 bridgehead atoms. The third-order valence-electron chi connectivity index (χ3n) is 6.08. The highest BCUT2D eigenvalue weighted by atomic mass is 19.4. The molecule has 1 aliphatic rings. The van der Waals surface area contributed by atoms with Crippen molar-refractivity contribution in [2.24, 2.45) is 11.8 Å². The Morgan fingerprint density at radius 2 is 1.91 bits per heavy atom. The fraction of sp³-hybridized carbons (Fsp3) is 0.593. The Bertz CT molecular complexity index is 879. The zero-order valence-electron chi connectivity index (χ0n) is 19.6. The van der Waals surface area contributed by atoms with Crippen LogP contribution in [0.1, 0.15) is 81.9 Å². The topological polar surface area (TPSA) is 29.5 Å². The molecule has 0 aliphatic heterocycles. The highest BCUT2D eigenvalue weighted by Crippen LogP contribution is 2.43. The standard InChI is InChI=1S/C27H35F3O2/c1-5-6-11-20(2)12-10-15-23-19-25(32-4)24(18-21(23)3)26(31,27(28,29)30)17-16-22-13-8-7-9-14-22/h12,15,18-20,22,31H,5-9,11,13-14H2,1-4H3. The smallest absolute Gasteiger partial charge is 0.433 e. The molecule has 32 heavy (non-hydrogen) atoms. The summed E-state index contributed by atoms with van der Waals surface area (Å²) >= 11 is 0. The Labute approximate surface area is 190 Å². The van der Waals surface area contributed by atoms with E-state index in [1.165, 1.54) is 19.2 Å². The number of aryl methyl sites for hydroxylation is 1. The van der Waals surface area contributed by atoms with E-state index >= 15 is 0 Å². The van der Waals surface area contributed by atoms with E-state index in [4.69, 9.17) is 4.74 Å². The number of ether oxygens (including phenoxy) is 1. The van der Waals surface area contributed by atoms with Crippen LogP contribution in [0.15, 0.2) is 23.9 Å². The first kappa shape index (κ1) is 26.1. The maximum absolute atomic E-state index is 14.1. The molecule has 0 saturated heterocycles. The lowest BCUT2D eigenvalue weighted by Gasteiger charge is -2.28. The van der Waals surface area contributed by atoms with E-state index in [0.29, 0.717) is 17.0 Å². The fourth-order valence-electron chi connectivity index (χ4n) is 3.97. The van der Waals surface area contributed by atoms with Crippen molar-refractivity contribution < 1.29 is 23.0 Å². The summed E-state index contributed by atoms with van der Waals surface area (Å²) in [7, 11) is 1.30. The minimum Gasteiger partial charge on any atom is -0.496 e. The summed E-state index contributed by atoms with van der Waals surface area (Å²) in [6.07, 6.45) is 6.61. The monoisotopic (exact) mass is 448 g/mol. The SMILES string of the molecule is CCCCC(C)C=C=Cc1cc(OC)c(C(O)(C#CC2CCCCC2)C(F)(F)F)cc1C. The summed E-state index contributed by atoms with van der Waals surface area (Å²) in [6, 6.07) is 2.84. The zero-order valence-corrected chi connectivity index (χ0v) is 19.6.